The molecule has 0 unspecified atom stereocenters. The van der Waals surface area contributed by atoms with Crippen LogP contribution in [0, 0.1) is 0 Å². The first-order chi connectivity index (χ1) is 17.6. The van der Waals surface area contributed by atoms with E-state index in [0.29, 0.717) is 38.2 Å². The summed E-state index contributed by atoms with van der Waals surface area (Å²) in [5.74, 6) is -1.10. The monoisotopic (exact) mass is 534 g/mol. The van der Waals surface area contributed by atoms with Crippen LogP contribution in [0.2, 0.25) is 0 Å². The van der Waals surface area contributed by atoms with Crippen molar-refractivity contribution in [3.05, 3.63) is 35.2 Å². The van der Waals surface area contributed by atoms with Gasteiger partial charge < -0.3 is 20.7 Å². The molecule has 11 nitrogen and oxygen atoms in total. The van der Waals surface area contributed by atoms with E-state index in [1.54, 1.807) is 14.1 Å². The molecule has 0 spiro atoms. The zero-order valence-corrected chi connectivity index (χ0v) is 22.9. The maximum atomic E-state index is 13.5. The minimum absolute atomic E-state index is 0.0134. The fraction of sp³-hybridized carbons (Fsp3) is 0.560. The van der Waals surface area contributed by atoms with E-state index in [4.69, 9.17) is 10.5 Å². The Kier molecular flexibility index (Phi) is 9.68. The first-order valence-corrected chi connectivity index (χ1v) is 14.2. The van der Waals surface area contributed by atoms with E-state index < -0.39 is 21.8 Å². The van der Waals surface area contributed by atoms with Gasteiger partial charge in [0.1, 0.15) is 11.4 Å². The number of benzene rings is 1. The molecule has 3 N–H and O–H groups in total. The number of carbonyl (C=O) groups is 2. The molecular weight excluding hydrogens is 496 g/mol. The number of aryl methyl sites for hydroxylation is 2. The number of primary amides is 1. The molecule has 0 radical (unpaired) electrons. The quantitative estimate of drug-likeness (QED) is 0.402. The van der Waals surface area contributed by atoms with E-state index in [2.05, 4.69) is 15.3 Å². The van der Waals surface area contributed by atoms with Gasteiger partial charge in [-0.05, 0) is 57.0 Å². The number of anilines is 1. The Morgan fingerprint density at radius 2 is 1.89 bits per heavy atom. The van der Waals surface area contributed by atoms with Crippen molar-refractivity contribution in [2.45, 2.75) is 50.8 Å². The summed E-state index contributed by atoms with van der Waals surface area (Å²) in [6.07, 6.45) is 4.22. The summed E-state index contributed by atoms with van der Waals surface area (Å²) in [7, 11) is -0.731. The summed E-state index contributed by atoms with van der Waals surface area (Å²) >= 11 is 0. The van der Waals surface area contributed by atoms with E-state index >= 15 is 0 Å². The van der Waals surface area contributed by atoms with Gasteiger partial charge in [0.05, 0.1) is 28.4 Å². The lowest BCUT2D eigenvalue weighted by atomic mass is 10.1. The number of amides is 2. The van der Waals surface area contributed by atoms with Gasteiger partial charge in [0.25, 0.3) is 11.8 Å². The van der Waals surface area contributed by atoms with Gasteiger partial charge in [-0.2, -0.15) is 9.40 Å². The highest BCUT2D eigenvalue weighted by Crippen LogP contribution is 2.28. The van der Waals surface area contributed by atoms with Crippen molar-refractivity contribution in [3.63, 3.8) is 0 Å². The van der Waals surface area contributed by atoms with Crippen LogP contribution in [0.25, 0.3) is 0 Å². The molecule has 204 valence electrons. The second-order valence-electron chi connectivity index (χ2n) is 9.24. The molecule has 37 heavy (non-hydrogen) atoms. The van der Waals surface area contributed by atoms with Gasteiger partial charge in [-0.3, -0.25) is 14.3 Å². The molecule has 1 aromatic heterocycles. The molecule has 1 aliphatic heterocycles. The lowest BCUT2D eigenvalue weighted by Gasteiger charge is -2.22. The minimum atomic E-state index is -3.85. The van der Waals surface area contributed by atoms with E-state index in [9.17, 15) is 18.0 Å². The summed E-state index contributed by atoms with van der Waals surface area (Å²) in [6, 6.07) is 4.27. The number of likely N-dealkylation sites (N-methyl/N-ethyl adjacent to an activating group) is 1. The van der Waals surface area contributed by atoms with Crippen molar-refractivity contribution in [1.82, 2.24) is 19.0 Å². The lowest BCUT2D eigenvalue weighted by molar-refractivity contribution is 0.0992. The number of carbonyl (C=O) groups excluding carboxylic acids is 2. The molecule has 2 amide bonds. The summed E-state index contributed by atoms with van der Waals surface area (Å²) in [6.45, 7) is 7.18. The van der Waals surface area contributed by atoms with Crippen molar-refractivity contribution in [3.8, 4) is 5.75 Å². The van der Waals surface area contributed by atoms with Gasteiger partial charge in [-0.25, -0.2) is 8.42 Å². The van der Waals surface area contributed by atoms with Gasteiger partial charge in [0, 0.05) is 27.2 Å². The second kappa shape index (κ2) is 12.5. The fourth-order valence-electron chi connectivity index (χ4n) is 4.36. The third-order valence-corrected chi connectivity index (χ3v) is 8.23. The number of nitrogens with zero attached hydrogens (tertiary/aromatic N) is 4. The third kappa shape index (κ3) is 6.68. The zero-order chi connectivity index (χ0) is 27.2. The Bertz CT molecular complexity index is 1220. The number of aromatic nitrogens is 2. The largest absolute Gasteiger partial charge is 0.493 e. The van der Waals surface area contributed by atoms with Gasteiger partial charge in [-0.1, -0.05) is 20.3 Å². The highest BCUT2D eigenvalue weighted by Gasteiger charge is 2.27. The van der Waals surface area contributed by atoms with Gasteiger partial charge in [0.15, 0.2) is 0 Å². The van der Waals surface area contributed by atoms with Crippen LogP contribution in [0.3, 0.4) is 0 Å². The van der Waals surface area contributed by atoms with Crippen LogP contribution in [0.5, 0.6) is 5.75 Å². The summed E-state index contributed by atoms with van der Waals surface area (Å²) in [4.78, 5) is 27.8. The third-order valence-electron chi connectivity index (χ3n) is 6.37. The van der Waals surface area contributed by atoms with Crippen molar-refractivity contribution >= 4 is 27.5 Å². The molecular formula is C25H38N6O5S. The number of sulfonamides is 1. The number of hydrogen-bond donors (Lipinski definition) is 2. The molecule has 0 atom stereocenters. The van der Waals surface area contributed by atoms with Gasteiger partial charge in [-0.15, -0.1) is 0 Å². The molecule has 1 aromatic carbocycles. The first-order valence-electron chi connectivity index (χ1n) is 12.7. The standard InChI is InChI=1S/C25H38N6O5S/c1-5-9-20-22(23(24(26)32)30(4)28-20)27-25(33)19-17-18(10-11-21(19)36-16-6-2)37(34,35)29(3)14-15-31-12-7-8-13-31/h10-11,17H,5-9,12-16H2,1-4H3,(H2,26,32)(H,27,33). The van der Waals surface area contributed by atoms with Crippen molar-refractivity contribution in [2.24, 2.45) is 12.8 Å². The summed E-state index contributed by atoms with van der Waals surface area (Å²) < 4.78 is 35.1. The number of rotatable bonds is 13. The van der Waals surface area contributed by atoms with Crippen LogP contribution >= 0.6 is 0 Å². The summed E-state index contributed by atoms with van der Waals surface area (Å²) in [5, 5.41) is 7.09. The SMILES string of the molecule is CCCOc1ccc(S(=O)(=O)N(C)CCN2CCCC2)cc1C(=O)Nc1c(CCC)nn(C)c1C(N)=O. The molecule has 12 heteroatoms. The topological polar surface area (TPSA) is 140 Å². The number of nitrogens with two attached hydrogens (primary N) is 1. The Morgan fingerprint density at radius 3 is 2.51 bits per heavy atom. The van der Waals surface area contributed by atoms with Crippen LogP contribution < -0.4 is 15.8 Å². The first kappa shape index (κ1) is 28.6. The second-order valence-corrected chi connectivity index (χ2v) is 11.3. The average molecular weight is 535 g/mol. The maximum absolute atomic E-state index is 13.5. The van der Waals surface area contributed by atoms with Crippen LogP contribution in [0.4, 0.5) is 5.69 Å². The molecule has 1 fully saturated rings. The molecule has 0 aliphatic carbocycles. The van der Waals surface area contributed by atoms with Crippen LogP contribution in [0.1, 0.15) is 66.1 Å². The lowest BCUT2D eigenvalue weighted by Crippen LogP contribution is -2.35. The highest BCUT2D eigenvalue weighted by molar-refractivity contribution is 7.89. The fourth-order valence-corrected chi connectivity index (χ4v) is 5.55. The minimum Gasteiger partial charge on any atom is -0.493 e. The van der Waals surface area contributed by atoms with Crippen molar-refractivity contribution < 1.29 is 22.7 Å². The molecule has 2 heterocycles. The van der Waals surface area contributed by atoms with Crippen molar-refractivity contribution in [1.29, 1.82) is 0 Å². The van der Waals surface area contributed by atoms with E-state index in [1.807, 2.05) is 13.8 Å². The van der Waals surface area contributed by atoms with Gasteiger partial charge in [0.2, 0.25) is 10.0 Å². The molecule has 0 bridgehead atoms. The normalized spacial score (nSPS) is 14.3. The highest BCUT2D eigenvalue weighted by atomic mass is 32.2. The van der Waals surface area contributed by atoms with Crippen LogP contribution in [-0.2, 0) is 23.5 Å². The predicted octanol–water partition coefficient (Wildman–Crippen LogP) is 2.23. The smallest absolute Gasteiger partial charge is 0.269 e. The Hall–Kier alpha value is -2.96. The molecule has 1 saturated heterocycles. The number of ether oxygens (including phenoxy) is 1. The predicted molar refractivity (Wildman–Crippen MR) is 141 cm³/mol. The summed E-state index contributed by atoms with van der Waals surface area (Å²) in [5.41, 5.74) is 6.42. The average Bonchev–Trinajstić information content (AvgIpc) is 3.48. The van der Waals surface area contributed by atoms with Crippen LogP contribution in [0.15, 0.2) is 23.1 Å². The van der Waals surface area contributed by atoms with Crippen molar-refractivity contribution in [2.75, 3.05) is 45.2 Å². The van der Waals surface area contributed by atoms with E-state index in [-0.39, 0.29) is 27.6 Å². The Morgan fingerprint density at radius 1 is 1.19 bits per heavy atom. The van der Waals surface area contributed by atoms with E-state index in [1.165, 1.54) is 27.2 Å². The van der Waals surface area contributed by atoms with E-state index in [0.717, 1.165) is 32.4 Å². The zero-order valence-electron chi connectivity index (χ0n) is 22.1. The van der Waals surface area contributed by atoms with Crippen LogP contribution in [-0.4, -0.2) is 79.1 Å². The number of likely N-dealkylation sites (tertiary alicyclic amines) is 1. The number of hydrogen-bond acceptors (Lipinski definition) is 7. The molecule has 3 rings (SSSR count). The molecule has 2 aromatic rings. The number of nitrogens with one attached hydrogen (secondary N) is 1. The Labute approximate surface area is 219 Å². The molecule has 0 saturated carbocycles. The maximum Gasteiger partial charge on any atom is 0.269 e. The Balaban J connectivity index is 1.94. The molecule has 1 aliphatic rings. The van der Waals surface area contributed by atoms with Gasteiger partial charge >= 0.3 is 0 Å².